The van der Waals surface area contributed by atoms with Crippen LogP contribution in [0.1, 0.15) is 22.3 Å². The normalized spacial score (nSPS) is 10.4. The highest BCUT2D eigenvalue weighted by molar-refractivity contribution is 6.35. The van der Waals surface area contributed by atoms with E-state index in [1.54, 1.807) is 37.4 Å². The van der Waals surface area contributed by atoms with E-state index in [-0.39, 0.29) is 5.78 Å². The number of rotatable bonds is 6. The molecule has 3 nitrogen and oxygen atoms in total. The molecule has 2 aromatic rings. The van der Waals surface area contributed by atoms with E-state index in [1.165, 1.54) is 7.11 Å². The van der Waals surface area contributed by atoms with Crippen LogP contribution in [0.25, 0.3) is 0 Å². The second kappa shape index (κ2) is 7.52. The van der Waals surface area contributed by atoms with Crippen molar-refractivity contribution in [1.82, 2.24) is 0 Å². The summed E-state index contributed by atoms with van der Waals surface area (Å²) in [6, 6.07) is 10.4. The van der Waals surface area contributed by atoms with E-state index >= 15 is 0 Å². The first-order valence-corrected chi connectivity index (χ1v) is 7.50. The van der Waals surface area contributed by atoms with E-state index in [1.807, 2.05) is 6.07 Å². The van der Waals surface area contributed by atoms with Gasteiger partial charge >= 0.3 is 0 Å². The summed E-state index contributed by atoms with van der Waals surface area (Å²) in [6.45, 7) is 0. The quantitative estimate of drug-likeness (QED) is 0.708. The first-order valence-electron chi connectivity index (χ1n) is 6.74. The Bertz CT molecular complexity index is 684. The number of carbonyl (C=O) groups excluding carboxylic acids is 1. The predicted molar refractivity (Wildman–Crippen MR) is 88.7 cm³/mol. The van der Waals surface area contributed by atoms with Gasteiger partial charge in [0.1, 0.15) is 11.5 Å². The lowest BCUT2D eigenvalue weighted by atomic mass is 10.0. The maximum atomic E-state index is 12.4. The third-order valence-electron chi connectivity index (χ3n) is 3.35. The van der Waals surface area contributed by atoms with E-state index in [9.17, 15) is 4.79 Å². The van der Waals surface area contributed by atoms with Crippen LogP contribution in [-0.2, 0) is 6.42 Å². The molecule has 0 saturated carbocycles. The molecule has 0 fully saturated rings. The van der Waals surface area contributed by atoms with Gasteiger partial charge in [0.05, 0.1) is 19.8 Å². The molecule has 0 radical (unpaired) electrons. The molecule has 2 rings (SSSR count). The van der Waals surface area contributed by atoms with Gasteiger partial charge in [-0.2, -0.15) is 0 Å². The van der Waals surface area contributed by atoms with Crippen LogP contribution in [-0.4, -0.2) is 20.0 Å². The number of methoxy groups -OCH3 is 2. The predicted octanol–water partition coefficient (Wildman–Crippen LogP) is 4.83. The molecule has 0 aliphatic carbocycles. The van der Waals surface area contributed by atoms with Gasteiger partial charge < -0.3 is 9.47 Å². The second-order valence-electron chi connectivity index (χ2n) is 4.73. The number of Topliss-reactive ketones (excluding diaryl/α,β-unsaturated/α-hetero) is 1. The van der Waals surface area contributed by atoms with Gasteiger partial charge in [-0.05, 0) is 36.2 Å². The Balaban J connectivity index is 2.12. The summed E-state index contributed by atoms with van der Waals surface area (Å²) in [4.78, 5) is 12.4. The van der Waals surface area contributed by atoms with Crippen LogP contribution in [0.2, 0.25) is 10.0 Å². The van der Waals surface area contributed by atoms with Crippen LogP contribution in [0.15, 0.2) is 36.4 Å². The third-order valence-corrected chi connectivity index (χ3v) is 3.93. The summed E-state index contributed by atoms with van der Waals surface area (Å²) < 4.78 is 10.4. The number of benzene rings is 2. The average Bonchev–Trinajstić information content (AvgIpc) is 2.53. The molecule has 0 bridgehead atoms. The highest BCUT2D eigenvalue weighted by Gasteiger charge is 2.14. The first kappa shape index (κ1) is 16.7. The summed E-state index contributed by atoms with van der Waals surface area (Å²) in [5, 5.41) is 1.15. The largest absolute Gasteiger partial charge is 0.497 e. The van der Waals surface area contributed by atoms with Gasteiger partial charge in [0.2, 0.25) is 0 Å². The fraction of sp³-hybridized carbons (Fsp3) is 0.235. The van der Waals surface area contributed by atoms with E-state index in [2.05, 4.69) is 0 Å². The number of hydrogen-bond donors (Lipinski definition) is 0. The van der Waals surface area contributed by atoms with Crippen molar-refractivity contribution >= 4 is 29.0 Å². The topological polar surface area (TPSA) is 35.5 Å². The lowest BCUT2D eigenvalue weighted by molar-refractivity contribution is 0.0980. The zero-order chi connectivity index (χ0) is 16.1. The number of carbonyl (C=O) groups is 1. The van der Waals surface area contributed by atoms with Crippen LogP contribution >= 0.6 is 23.2 Å². The average molecular weight is 339 g/mol. The molecule has 2 aromatic carbocycles. The van der Waals surface area contributed by atoms with Gasteiger partial charge in [0.15, 0.2) is 5.78 Å². The monoisotopic (exact) mass is 338 g/mol. The highest BCUT2D eigenvalue weighted by Crippen LogP contribution is 2.27. The molecular formula is C17H16Cl2O3. The fourth-order valence-electron chi connectivity index (χ4n) is 2.14. The molecular weight excluding hydrogens is 323 g/mol. The van der Waals surface area contributed by atoms with Crippen molar-refractivity contribution in [2.24, 2.45) is 0 Å². The zero-order valence-electron chi connectivity index (χ0n) is 12.4. The maximum absolute atomic E-state index is 12.4. The minimum absolute atomic E-state index is 0.00878. The summed E-state index contributed by atoms with van der Waals surface area (Å²) >= 11 is 12.0. The first-order chi connectivity index (χ1) is 10.5. The Morgan fingerprint density at radius 2 is 1.82 bits per heavy atom. The molecule has 22 heavy (non-hydrogen) atoms. The van der Waals surface area contributed by atoms with Crippen LogP contribution in [0.3, 0.4) is 0 Å². The summed E-state index contributed by atoms with van der Waals surface area (Å²) in [5.74, 6) is 1.14. The van der Waals surface area contributed by atoms with Gasteiger partial charge in [0, 0.05) is 22.5 Å². The van der Waals surface area contributed by atoms with Crippen molar-refractivity contribution in [2.75, 3.05) is 14.2 Å². The van der Waals surface area contributed by atoms with E-state index in [0.717, 1.165) is 5.56 Å². The van der Waals surface area contributed by atoms with E-state index in [4.69, 9.17) is 32.7 Å². The molecule has 0 aliphatic heterocycles. The van der Waals surface area contributed by atoms with Gasteiger partial charge in [-0.25, -0.2) is 0 Å². The number of ether oxygens (including phenoxy) is 2. The Labute approximate surface area is 139 Å². The van der Waals surface area contributed by atoms with Crippen LogP contribution in [0.5, 0.6) is 11.5 Å². The fourth-order valence-corrected chi connectivity index (χ4v) is 2.64. The van der Waals surface area contributed by atoms with Gasteiger partial charge in [-0.15, -0.1) is 0 Å². The van der Waals surface area contributed by atoms with E-state index in [0.29, 0.717) is 39.9 Å². The standard InChI is InChI=1S/C17H16Cl2O3/c1-21-13-6-7-14(17(10-13)22-2)16(20)8-4-11-3-5-12(18)9-15(11)19/h3,5-7,9-10H,4,8H2,1-2H3. The smallest absolute Gasteiger partial charge is 0.166 e. The lowest BCUT2D eigenvalue weighted by Crippen LogP contribution is -2.04. The van der Waals surface area contributed by atoms with Gasteiger partial charge in [0.25, 0.3) is 0 Å². The molecule has 0 atom stereocenters. The molecule has 5 heteroatoms. The maximum Gasteiger partial charge on any atom is 0.166 e. The molecule has 0 saturated heterocycles. The Kier molecular flexibility index (Phi) is 5.69. The molecule has 0 unspecified atom stereocenters. The minimum Gasteiger partial charge on any atom is -0.497 e. The molecule has 116 valence electrons. The van der Waals surface area contributed by atoms with E-state index < -0.39 is 0 Å². The number of aryl methyl sites for hydroxylation is 1. The third kappa shape index (κ3) is 3.93. The van der Waals surface area contributed by atoms with Gasteiger partial charge in [-0.1, -0.05) is 29.3 Å². The van der Waals surface area contributed by atoms with Crippen molar-refractivity contribution in [2.45, 2.75) is 12.8 Å². The molecule has 0 aromatic heterocycles. The second-order valence-corrected chi connectivity index (χ2v) is 5.57. The molecule has 0 aliphatic rings. The number of hydrogen-bond acceptors (Lipinski definition) is 3. The molecule has 0 N–H and O–H groups in total. The van der Waals surface area contributed by atoms with Crippen molar-refractivity contribution in [3.63, 3.8) is 0 Å². The summed E-state index contributed by atoms with van der Waals surface area (Å²) in [7, 11) is 3.10. The Morgan fingerprint density at radius 1 is 1.05 bits per heavy atom. The molecule has 0 amide bonds. The summed E-state index contributed by atoms with van der Waals surface area (Å²) in [5.41, 5.74) is 1.43. The number of ketones is 1. The van der Waals surface area contributed by atoms with Gasteiger partial charge in [-0.3, -0.25) is 4.79 Å². The highest BCUT2D eigenvalue weighted by atomic mass is 35.5. The van der Waals surface area contributed by atoms with Crippen molar-refractivity contribution in [3.8, 4) is 11.5 Å². The SMILES string of the molecule is COc1ccc(C(=O)CCc2ccc(Cl)cc2Cl)c(OC)c1. The number of halogens is 2. The minimum atomic E-state index is -0.00878. The van der Waals surface area contributed by atoms with Crippen LogP contribution in [0.4, 0.5) is 0 Å². The Hall–Kier alpha value is -1.71. The Morgan fingerprint density at radius 3 is 2.45 bits per heavy atom. The van der Waals surface area contributed by atoms with Crippen molar-refractivity contribution < 1.29 is 14.3 Å². The lowest BCUT2D eigenvalue weighted by Gasteiger charge is -2.10. The molecule has 0 spiro atoms. The van der Waals surface area contributed by atoms with Crippen LogP contribution in [0, 0.1) is 0 Å². The zero-order valence-corrected chi connectivity index (χ0v) is 13.9. The summed E-state index contributed by atoms with van der Waals surface area (Å²) in [6.07, 6.45) is 0.883. The van der Waals surface area contributed by atoms with Crippen molar-refractivity contribution in [3.05, 3.63) is 57.6 Å². The van der Waals surface area contributed by atoms with Crippen molar-refractivity contribution in [1.29, 1.82) is 0 Å². The molecule has 0 heterocycles. The van der Waals surface area contributed by atoms with Crippen LogP contribution < -0.4 is 9.47 Å².